The molecule has 1 unspecified atom stereocenters. The predicted octanol–water partition coefficient (Wildman–Crippen LogP) is 5.18. The van der Waals surface area contributed by atoms with Gasteiger partial charge in [-0.3, -0.25) is 14.6 Å². The number of para-hydroxylation sites is 1. The van der Waals surface area contributed by atoms with Crippen molar-refractivity contribution >= 4 is 28.7 Å². The van der Waals surface area contributed by atoms with Crippen LogP contribution >= 0.6 is 0 Å². The number of ether oxygens (including phenoxy) is 1. The second kappa shape index (κ2) is 14.9. The number of hydrogen-bond donors (Lipinski definition) is 4. The maximum absolute atomic E-state index is 13.6. The summed E-state index contributed by atoms with van der Waals surface area (Å²) in [5.41, 5.74) is 4.58. The summed E-state index contributed by atoms with van der Waals surface area (Å²) in [6.07, 6.45) is 3.44. The summed E-state index contributed by atoms with van der Waals surface area (Å²) < 4.78 is 18.2. The highest BCUT2D eigenvalue weighted by Crippen LogP contribution is 2.39. The van der Waals surface area contributed by atoms with E-state index < -0.39 is 17.5 Å². The van der Waals surface area contributed by atoms with Crippen LogP contribution in [0.5, 0.6) is 5.75 Å². The average molecular weight is 679 g/mol. The number of likely N-dealkylation sites (tertiary alicyclic amines) is 1. The number of aromatic nitrogens is 2. The third-order valence-electron chi connectivity index (χ3n) is 9.56. The maximum atomic E-state index is 13.6. The van der Waals surface area contributed by atoms with E-state index in [2.05, 4.69) is 20.0 Å². The van der Waals surface area contributed by atoms with Crippen LogP contribution in [0.25, 0.3) is 33.3 Å². The van der Waals surface area contributed by atoms with Crippen molar-refractivity contribution in [3.63, 3.8) is 0 Å². The molecular formula is C39H39FN4O6. The fourth-order valence-corrected chi connectivity index (χ4v) is 6.62. The number of carbonyl (C=O) groups is 3. The van der Waals surface area contributed by atoms with Crippen molar-refractivity contribution in [2.75, 3.05) is 26.7 Å². The van der Waals surface area contributed by atoms with Crippen LogP contribution in [0.1, 0.15) is 30.4 Å². The van der Waals surface area contributed by atoms with E-state index in [0.29, 0.717) is 43.5 Å². The number of nitrogens with one attached hydrogen (secondary N) is 2. The Kier molecular flexibility index (Phi) is 10.2. The molecular weight excluding hydrogens is 639 g/mol. The number of rotatable bonds is 11. The summed E-state index contributed by atoms with van der Waals surface area (Å²) in [5.74, 6) is -1.29. The number of hydrogen-bond acceptors (Lipinski definition) is 7. The Bertz CT molecular complexity index is 1950. The largest absolute Gasteiger partial charge is 0.507 e. The normalized spacial score (nSPS) is 14.7. The van der Waals surface area contributed by atoms with Crippen LogP contribution in [-0.2, 0) is 32.0 Å². The van der Waals surface area contributed by atoms with E-state index in [1.54, 1.807) is 29.4 Å². The first-order valence-electron chi connectivity index (χ1n) is 16.6. The summed E-state index contributed by atoms with van der Waals surface area (Å²) in [7, 11) is 1.18. The number of benzene rings is 3. The number of aliphatic hydroxyl groups is 1. The first-order chi connectivity index (χ1) is 24.2. The van der Waals surface area contributed by atoms with Crippen molar-refractivity contribution in [1.29, 1.82) is 0 Å². The summed E-state index contributed by atoms with van der Waals surface area (Å²) >= 11 is 0. The van der Waals surface area contributed by atoms with E-state index >= 15 is 0 Å². The molecule has 0 spiro atoms. The average Bonchev–Trinajstić information content (AvgIpc) is 3.57. The number of piperidine rings is 1. The predicted molar refractivity (Wildman–Crippen MR) is 186 cm³/mol. The van der Waals surface area contributed by atoms with Crippen LogP contribution in [0.15, 0.2) is 91.3 Å². The molecule has 4 N–H and O–H groups in total. The number of halogens is 1. The minimum absolute atomic E-state index is 0.00148. The SMILES string of the molecule is COC(=O)C(O)CCNC(=O)C1(Cc2ccc(F)cc2)CCN(C(=O)Cc2ccc(-c3cccc(-c4cc5ccncc5[nH]4)c3O)cc2)CC1. The maximum Gasteiger partial charge on any atom is 0.334 e. The smallest absolute Gasteiger partial charge is 0.334 e. The highest BCUT2D eigenvalue weighted by atomic mass is 19.1. The summed E-state index contributed by atoms with van der Waals surface area (Å²) in [4.78, 5) is 47.8. The van der Waals surface area contributed by atoms with Gasteiger partial charge in [0.2, 0.25) is 11.8 Å². The molecule has 0 aliphatic carbocycles. The zero-order chi connectivity index (χ0) is 35.3. The van der Waals surface area contributed by atoms with Crippen LogP contribution in [0, 0.1) is 11.2 Å². The third-order valence-corrected chi connectivity index (χ3v) is 9.56. The molecule has 1 fully saturated rings. The molecule has 258 valence electrons. The van der Waals surface area contributed by atoms with Crippen molar-refractivity contribution in [1.82, 2.24) is 20.2 Å². The molecule has 2 amide bonds. The Labute approximate surface area is 288 Å². The quantitative estimate of drug-likeness (QED) is 0.141. The highest BCUT2D eigenvalue weighted by Gasteiger charge is 2.42. The van der Waals surface area contributed by atoms with Gasteiger partial charge < -0.3 is 30.2 Å². The van der Waals surface area contributed by atoms with Gasteiger partial charge >= 0.3 is 5.97 Å². The topological polar surface area (TPSA) is 145 Å². The first kappa shape index (κ1) is 34.3. The Morgan fingerprint density at radius 2 is 1.70 bits per heavy atom. The number of phenols is 1. The fourth-order valence-electron chi connectivity index (χ4n) is 6.62. The van der Waals surface area contributed by atoms with Gasteiger partial charge in [0.05, 0.1) is 36.4 Å². The summed E-state index contributed by atoms with van der Waals surface area (Å²) in [6.45, 7) is 0.795. The Morgan fingerprint density at radius 3 is 2.40 bits per heavy atom. The number of aromatic hydroxyl groups is 1. The molecule has 2 aromatic heterocycles. The third kappa shape index (κ3) is 7.52. The van der Waals surface area contributed by atoms with Gasteiger partial charge in [-0.05, 0) is 66.3 Å². The number of aliphatic hydroxyl groups excluding tert-OH is 1. The van der Waals surface area contributed by atoms with E-state index in [1.807, 2.05) is 54.6 Å². The minimum Gasteiger partial charge on any atom is -0.507 e. The molecule has 0 bridgehead atoms. The van der Waals surface area contributed by atoms with Crippen LogP contribution in [0.3, 0.4) is 0 Å². The summed E-state index contributed by atoms with van der Waals surface area (Å²) in [5, 5.41) is 25.0. The Balaban J connectivity index is 1.10. The van der Waals surface area contributed by atoms with Crippen LogP contribution in [0.2, 0.25) is 0 Å². The highest BCUT2D eigenvalue weighted by molar-refractivity contribution is 5.89. The van der Waals surface area contributed by atoms with Gasteiger partial charge in [0.15, 0.2) is 6.10 Å². The number of methoxy groups -OCH3 is 1. The number of phenolic OH excluding ortho intramolecular Hbond substituents is 1. The van der Waals surface area contributed by atoms with Crippen molar-refractivity contribution < 1.29 is 33.7 Å². The van der Waals surface area contributed by atoms with E-state index in [4.69, 9.17) is 0 Å². The monoisotopic (exact) mass is 678 g/mol. The first-order valence-corrected chi connectivity index (χ1v) is 16.6. The second-order valence-electron chi connectivity index (χ2n) is 12.8. The number of H-pyrrole nitrogens is 1. The van der Waals surface area contributed by atoms with E-state index in [9.17, 15) is 29.0 Å². The number of fused-ring (bicyclic) bond motifs is 1. The van der Waals surface area contributed by atoms with Gasteiger partial charge in [-0.2, -0.15) is 0 Å². The second-order valence-corrected chi connectivity index (χ2v) is 12.8. The number of carbonyl (C=O) groups excluding carboxylic acids is 3. The molecule has 10 nitrogen and oxygen atoms in total. The molecule has 3 aromatic carbocycles. The lowest BCUT2D eigenvalue weighted by atomic mass is 9.72. The number of amides is 2. The molecule has 1 aliphatic rings. The summed E-state index contributed by atoms with van der Waals surface area (Å²) in [6, 6.07) is 23.1. The van der Waals surface area contributed by atoms with Crippen LogP contribution in [-0.4, -0.2) is 75.7 Å². The van der Waals surface area contributed by atoms with Crippen molar-refractivity contribution in [3.05, 3.63) is 108 Å². The van der Waals surface area contributed by atoms with Crippen molar-refractivity contribution in [3.8, 4) is 28.1 Å². The molecule has 0 saturated carbocycles. The van der Waals surface area contributed by atoms with E-state index in [-0.39, 0.29) is 42.8 Å². The Morgan fingerprint density at radius 1 is 1.00 bits per heavy atom. The van der Waals surface area contributed by atoms with Gasteiger partial charge in [0.1, 0.15) is 11.6 Å². The van der Waals surface area contributed by atoms with Gasteiger partial charge in [-0.1, -0.05) is 48.5 Å². The molecule has 50 heavy (non-hydrogen) atoms. The van der Waals surface area contributed by atoms with Crippen LogP contribution < -0.4 is 5.32 Å². The molecule has 11 heteroatoms. The van der Waals surface area contributed by atoms with Crippen molar-refractivity contribution in [2.45, 2.75) is 38.2 Å². The Hall–Kier alpha value is -5.55. The zero-order valence-corrected chi connectivity index (χ0v) is 27.7. The van der Waals surface area contributed by atoms with E-state index in [1.165, 1.54) is 19.2 Å². The van der Waals surface area contributed by atoms with Gasteiger partial charge in [0.25, 0.3) is 0 Å². The van der Waals surface area contributed by atoms with Crippen molar-refractivity contribution in [2.24, 2.45) is 5.41 Å². The minimum atomic E-state index is -1.35. The number of pyridine rings is 1. The zero-order valence-electron chi connectivity index (χ0n) is 27.7. The molecule has 1 saturated heterocycles. The molecule has 6 rings (SSSR count). The molecule has 1 atom stereocenters. The standard InChI is InChI=1S/C39H39FN4O6/c1-50-37(48)34(45)14-18-42-38(49)39(23-26-7-11-29(40)12-8-26)15-19-44(20-16-39)35(46)21-25-5-9-27(10-6-25)30-3-2-4-31(36(30)47)32-22-28-13-17-41-24-33(28)43-32/h2-13,17,22,24,34,43,45,47H,14-16,18-21,23H2,1H3,(H,42,49). The van der Waals surface area contributed by atoms with E-state index in [0.717, 1.165) is 33.3 Å². The molecule has 0 radical (unpaired) electrons. The van der Waals surface area contributed by atoms with Crippen LogP contribution in [0.4, 0.5) is 4.39 Å². The fraction of sp³-hybridized carbons (Fsp3) is 0.282. The lowest BCUT2D eigenvalue weighted by molar-refractivity contribution is -0.150. The number of nitrogens with zero attached hydrogens (tertiary/aromatic N) is 2. The molecule has 3 heterocycles. The number of esters is 1. The molecule has 5 aromatic rings. The van der Waals surface area contributed by atoms with Gasteiger partial charge in [0, 0.05) is 48.8 Å². The lowest BCUT2D eigenvalue weighted by Crippen LogP contribution is -2.52. The molecule has 1 aliphatic heterocycles. The van der Waals surface area contributed by atoms with Gasteiger partial charge in [-0.15, -0.1) is 0 Å². The lowest BCUT2D eigenvalue weighted by Gasteiger charge is -2.41. The van der Waals surface area contributed by atoms with Gasteiger partial charge in [-0.25, -0.2) is 9.18 Å². The number of aromatic amines is 1.